The van der Waals surface area contributed by atoms with Gasteiger partial charge in [0.05, 0.1) is 5.69 Å². The molecule has 172 valence electrons. The molecule has 0 bridgehead atoms. The van der Waals surface area contributed by atoms with E-state index in [9.17, 15) is 18.0 Å². The quantitative estimate of drug-likeness (QED) is 0.461. The van der Waals surface area contributed by atoms with E-state index in [-0.39, 0.29) is 11.5 Å². The average molecular weight is 463 g/mol. The first-order valence-electron chi connectivity index (χ1n) is 10.8. The lowest BCUT2D eigenvalue weighted by atomic mass is 10.0. The van der Waals surface area contributed by atoms with Gasteiger partial charge in [-0.1, -0.05) is 24.3 Å². The summed E-state index contributed by atoms with van der Waals surface area (Å²) in [6.07, 6.45) is 0. The standard InChI is InChI=1S/C25H20F3N5O/c26-17-7-5-16(6-8-17)23-19-3-1-2-4-20(19)24(31-30-23)32-11-13-33(14-12-32)25(34)29-22-10-9-18(27)15-21(22)28/h1-10,15H,11-14H2,(H,29,34). The van der Waals surface area contributed by atoms with Gasteiger partial charge in [-0.3, -0.25) is 0 Å². The number of piperazine rings is 1. The number of anilines is 2. The van der Waals surface area contributed by atoms with Gasteiger partial charge in [0.25, 0.3) is 0 Å². The van der Waals surface area contributed by atoms with E-state index in [4.69, 9.17) is 0 Å². The van der Waals surface area contributed by atoms with Crippen LogP contribution in [0.15, 0.2) is 66.7 Å². The highest BCUT2D eigenvalue weighted by Crippen LogP contribution is 2.32. The van der Waals surface area contributed by atoms with Crippen LogP contribution in [0.2, 0.25) is 0 Å². The molecule has 1 aromatic heterocycles. The Morgan fingerprint density at radius 1 is 0.794 bits per heavy atom. The SMILES string of the molecule is O=C(Nc1ccc(F)cc1F)N1CCN(c2nnc(-c3ccc(F)cc3)c3ccccc23)CC1. The fourth-order valence-electron chi connectivity index (χ4n) is 4.05. The minimum atomic E-state index is -0.824. The first kappa shape index (κ1) is 21.7. The first-order chi connectivity index (χ1) is 16.5. The summed E-state index contributed by atoms with van der Waals surface area (Å²) in [5.41, 5.74) is 1.37. The summed E-state index contributed by atoms with van der Waals surface area (Å²) in [4.78, 5) is 16.2. The van der Waals surface area contributed by atoms with Gasteiger partial charge in [-0.25, -0.2) is 18.0 Å². The molecule has 5 rings (SSSR count). The van der Waals surface area contributed by atoms with E-state index in [1.807, 2.05) is 29.2 Å². The Morgan fingerprint density at radius 2 is 1.47 bits per heavy atom. The van der Waals surface area contributed by atoms with E-state index in [2.05, 4.69) is 15.5 Å². The van der Waals surface area contributed by atoms with Crippen molar-refractivity contribution in [3.8, 4) is 11.3 Å². The third kappa shape index (κ3) is 4.24. The van der Waals surface area contributed by atoms with Crippen LogP contribution in [0.5, 0.6) is 0 Å². The highest BCUT2D eigenvalue weighted by Gasteiger charge is 2.24. The minimum absolute atomic E-state index is 0.0675. The van der Waals surface area contributed by atoms with Crippen molar-refractivity contribution in [2.45, 2.75) is 0 Å². The number of halogens is 3. The number of fused-ring (bicyclic) bond motifs is 1. The van der Waals surface area contributed by atoms with E-state index >= 15 is 0 Å². The van der Waals surface area contributed by atoms with Crippen LogP contribution in [0.25, 0.3) is 22.0 Å². The minimum Gasteiger partial charge on any atom is -0.351 e. The summed E-state index contributed by atoms with van der Waals surface area (Å²) in [7, 11) is 0. The number of urea groups is 1. The van der Waals surface area contributed by atoms with Crippen molar-refractivity contribution in [3.63, 3.8) is 0 Å². The molecule has 4 aromatic rings. The Balaban J connectivity index is 1.33. The number of rotatable bonds is 3. The van der Waals surface area contributed by atoms with Gasteiger partial charge < -0.3 is 15.1 Å². The van der Waals surface area contributed by atoms with Crippen LogP contribution in [0, 0.1) is 17.5 Å². The molecular weight excluding hydrogens is 443 g/mol. The number of aromatic nitrogens is 2. The lowest BCUT2D eigenvalue weighted by Gasteiger charge is -2.35. The summed E-state index contributed by atoms with van der Waals surface area (Å²) >= 11 is 0. The zero-order valence-corrected chi connectivity index (χ0v) is 18.0. The molecule has 1 aliphatic rings. The zero-order chi connectivity index (χ0) is 23.7. The van der Waals surface area contributed by atoms with Gasteiger partial charge in [-0.15, -0.1) is 10.2 Å². The second kappa shape index (κ2) is 9.01. The Labute approximate surface area is 193 Å². The van der Waals surface area contributed by atoms with Gasteiger partial charge in [0.15, 0.2) is 5.82 Å². The van der Waals surface area contributed by atoms with Crippen LogP contribution in [0.1, 0.15) is 0 Å². The van der Waals surface area contributed by atoms with Crippen molar-refractivity contribution in [2.75, 3.05) is 36.4 Å². The largest absolute Gasteiger partial charge is 0.351 e. The smallest absolute Gasteiger partial charge is 0.322 e. The van der Waals surface area contributed by atoms with E-state index in [0.717, 1.165) is 28.5 Å². The van der Waals surface area contributed by atoms with Crippen molar-refractivity contribution < 1.29 is 18.0 Å². The molecule has 9 heteroatoms. The van der Waals surface area contributed by atoms with Crippen LogP contribution < -0.4 is 10.2 Å². The molecule has 2 amide bonds. The fourth-order valence-corrected chi connectivity index (χ4v) is 4.05. The number of nitrogens with one attached hydrogen (secondary N) is 1. The Morgan fingerprint density at radius 3 is 2.18 bits per heavy atom. The highest BCUT2D eigenvalue weighted by molar-refractivity contribution is 6.00. The Hall–Kier alpha value is -4.14. The summed E-state index contributed by atoms with van der Waals surface area (Å²) in [6.45, 7) is 1.80. The number of carbonyl (C=O) groups is 1. The van der Waals surface area contributed by atoms with E-state index in [0.29, 0.717) is 37.7 Å². The maximum absolute atomic E-state index is 13.9. The van der Waals surface area contributed by atoms with E-state index in [1.165, 1.54) is 18.2 Å². The van der Waals surface area contributed by atoms with Crippen LogP contribution in [0.4, 0.5) is 29.5 Å². The first-order valence-corrected chi connectivity index (χ1v) is 10.8. The number of amides is 2. The molecule has 1 fully saturated rings. The highest BCUT2D eigenvalue weighted by atomic mass is 19.1. The maximum atomic E-state index is 13.9. The maximum Gasteiger partial charge on any atom is 0.322 e. The molecule has 1 aliphatic heterocycles. The van der Waals surface area contributed by atoms with E-state index < -0.39 is 17.7 Å². The Kier molecular flexibility index (Phi) is 5.75. The number of hydrogen-bond donors (Lipinski definition) is 1. The van der Waals surface area contributed by atoms with Crippen molar-refractivity contribution in [2.24, 2.45) is 0 Å². The van der Waals surface area contributed by atoms with Gasteiger partial charge in [0.2, 0.25) is 0 Å². The fraction of sp³-hybridized carbons (Fsp3) is 0.160. The predicted octanol–water partition coefficient (Wildman–Crippen LogP) is 5.07. The third-order valence-corrected chi connectivity index (χ3v) is 5.82. The van der Waals surface area contributed by atoms with Gasteiger partial charge in [-0.05, 0) is 36.4 Å². The Bertz CT molecular complexity index is 1350. The van der Waals surface area contributed by atoms with Gasteiger partial charge >= 0.3 is 6.03 Å². The van der Waals surface area contributed by atoms with Crippen LogP contribution in [0.3, 0.4) is 0 Å². The van der Waals surface area contributed by atoms with Crippen molar-refractivity contribution in [3.05, 3.63) is 84.2 Å². The summed E-state index contributed by atoms with van der Waals surface area (Å²) < 4.78 is 40.3. The number of benzene rings is 3. The molecule has 2 heterocycles. The third-order valence-electron chi connectivity index (χ3n) is 5.82. The second-order valence-corrected chi connectivity index (χ2v) is 7.95. The molecule has 0 aliphatic carbocycles. The molecule has 1 N–H and O–H groups in total. The number of nitrogens with zero attached hydrogens (tertiary/aromatic N) is 4. The molecule has 0 spiro atoms. The average Bonchev–Trinajstić information content (AvgIpc) is 2.86. The molecule has 34 heavy (non-hydrogen) atoms. The molecule has 0 unspecified atom stereocenters. The van der Waals surface area contributed by atoms with Crippen LogP contribution in [-0.4, -0.2) is 47.3 Å². The summed E-state index contributed by atoms with van der Waals surface area (Å²) in [6, 6.07) is 16.4. The topological polar surface area (TPSA) is 61.4 Å². The summed E-state index contributed by atoms with van der Waals surface area (Å²) in [5.74, 6) is -1.15. The molecular formula is C25H20F3N5O. The monoisotopic (exact) mass is 463 g/mol. The number of hydrogen-bond acceptors (Lipinski definition) is 4. The lowest BCUT2D eigenvalue weighted by molar-refractivity contribution is 0.208. The molecule has 1 saturated heterocycles. The number of carbonyl (C=O) groups excluding carboxylic acids is 1. The normalized spacial score (nSPS) is 13.9. The van der Waals surface area contributed by atoms with E-state index in [1.54, 1.807) is 17.0 Å². The van der Waals surface area contributed by atoms with Gasteiger partial charge in [-0.2, -0.15) is 0 Å². The van der Waals surface area contributed by atoms with Crippen LogP contribution in [-0.2, 0) is 0 Å². The van der Waals surface area contributed by atoms with Crippen molar-refractivity contribution in [1.29, 1.82) is 0 Å². The predicted molar refractivity (Wildman–Crippen MR) is 124 cm³/mol. The molecule has 3 aromatic carbocycles. The van der Waals surface area contributed by atoms with Crippen molar-refractivity contribution >= 4 is 28.3 Å². The van der Waals surface area contributed by atoms with Crippen molar-refractivity contribution in [1.82, 2.24) is 15.1 Å². The molecule has 0 saturated carbocycles. The molecule has 0 atom stereocenters. The lowest BCUT2D eigenvalue weighted by Crippen LogP contribution is -2.50. The van der Waals surface area contributed by atoms with Gasteiger partial charge in [0.1, 0.15) is 23.1 Å². The molecule has 0 radical (unpaired) electrons. The second-order valence-electron chi connectivity index (χ2n) is 7.95. The summed E-state index contributed by atoms with van der Waals surface area (Å²) in [5, 5.41) is 13.2. The zero-order valence-electron chi connectivity index (χ0n) is 18.0. The molecule has 6 nitrogen and oxygen atoms in total. The van der Waals surface area contributed by atoms with Crippen LogP contribution >= 0.6 is 0 Å². The van der Waals surface area contributed by atoms with Gasteiger partial charge in [0, 0.05) is 48.6 Å².